The molecule has 24 heavy (non-hydrogen) atoms. The molecule has 0 unspecified atom stereocenters. The number of halogens is 1. The van der Waals surface area contributed by atoms with Gasteiger partial charge >= 0.3 is 5.97 Å². The van der Waals surface area contributed by atoms with Crippen molar-refractivity contribution in [3.8, 4) is 0 Å². The van der Waals surface area contributed by atoms with Gasteiger partial charge in [-0.3, -0.25) is 4.79 Å². The quantitative estimate of drug-likeness (QED) is 0.939. The molecule has 2 heterocycles. The van der Waals surface area contributed by atoms with E-state index in [9.17, 15) is 14.0 Å². The molecule has 2 aromatic rings. The van der Waals surface area contributed by atoms with Crippen LogP contribution in [0.25, 0.3) is 0 Å². The van der Waals surface area contributed by atoms with Crippen molar-refractivity contribution >= 4 is 11.9 Å². The minimum Gasteiger partial charge on any atom is -0.477 e. The summed E-state index contributed by atoms with van der Waals surface area (Å²) in [5, 5.41) is 8.88. The van der Waals surface area contributed by atoms with Crippen LogP contribution in [0.3, 0.4) is 0 Å². The van der Waals surface area contributed by atoms with Crippen LogP contribution < -0.4 is 0 Å². The second-order valence-electron chi connectivity index (χ2n) is 6.00. The topological polar surface area (TPSA) is 70.5 Å². The Morgan fingerprint density at radius 2 is 2.08 bits per heavy atom. The third-order valence-electron chi connectivity index (χ3n) is 4.38. The molecule has 5 nitrogen and oxygen atoms in total. The SMILES string of the molecule is C[C@@H]1CCN(C(=O)c2ccc(C(=O)O)nc2)[C@H]1c1cccc(F)c1. The van der Waals surface area contributed by atoms with Crippen LogP contribution >= 0.6 is 0 Å². The summed E-state index contributed by atoms with van der Waals surface area (Å²) in [7, 11) is 0. The number of benzene rings is 1. The van der Waals surface area contributed by atoms with Crippen LogP contribution in [0.2, 0.25) is 0 Å². The number of hydrogen-bond donors (Lipinski definition) is 1. The first-order valence-corrected chi connectivity index (χ1v) is 7.73. The van der Waals surface area contributed by atoms with E-state index < -0.39 is 5.97 Å². The number of nitrogens with zero attached hydrogens (tertiary/aromatic N) is 2. The molecule has 1 fully saturated rings. The van der Waals surface area contributed by atoms with Gasteiger partial charge in [-0.1, -0.05) is 19.1 Å². The fourth-order valence-corrected chi connectivity index (χ4v) is 3.19. The number of carbonyl (C=O) groups is 2. The van der Waals surface area contributed by atoms with E-state index in [4.69, 9.17) is 5.11 Å². The molecule has 1 N–H and O–H groups in total. The summed E-state index contributed by atoms with van der Waals surface area (Å²) in [6.45, 7) is 2.61. The molecule has 0 spiro atoms. The van der Waals surface area contributed by atoms with Crippen LogP contribution in [0.1, 0.15) is 45.8 Å². The highest BCUT2D eigenvalue weighted by molar-refractivity contribution is 5.95. The number of aromatic carboxylic acids is 1. The van der Waals surface area contributed by atoms with Crippen LogP contribution in [-0.2, 0) is 0 Å². The van der Waals surface area contributed by atoms with Gasteiger partial charge in [-0.2, -0.15) is 0 Å². The average molecular weight is 328 g/mol. The maximum absolute atomic E-state index is 13.5. The van der Waals surface area contributed by atoms with E-state index in [1.165, 1.54) is 30.5 Å². The Bertz CT molecular complexity index is 776. The number of hydrogen-bond acceptors (Lipinski definition) is 3. The van der Waals surface area contributed by atoms with Crippen LogP contribution in [0.5, 0.6) is 0 Å². The Hall–Kier alpha value is -2.76. The molecule has 2 atom stereocenters. The summed E-state index contributed by atoms with van der Waals surface area (Å²) < 4.78 is 13.5. The Morgan fingerprint density at radius 1 is 1.29 bits per heavy atom. The van der Waals surface area contributed by atoms with E-state index in [1.54, 1.807) is 11.0 Å². The van der Waals surface area contributed by atoms with Crippen molar-refractivity contribution in [3.05, 3.63) is 65.2 Å². The minimum atomic E-state index is -1.14. The lowest BCUT2D eigenvalue weighted by atomic mass is 9.95. The molecule has 124 valence electrons. The molecule has 0 saturated carbocycles. The number of likely N-dealkylation sites (tertiary alicyclic amines) is 1. The molecule has 0 radical (unpaired) electrons. The zero-order valence-corrected chi connectivity index (χ0v) is 13.1. The maximum Gasteiger partial charge on any atom is 0.354 e. The molecule has 1 aromatic carbocycles. The normalized spacial score (nSPS) is 20.2. The molecular weight excluding hydrogens is 311 g/mol. The van der Waals surface area contributed by atoms with Crippen LogP contribution in [-0.4, -0.2) is 33.4 Å². The van der Waals surface area contributed by atoms with Crippen molar-refractivity contribution in [2.45, 2.75) is 19.4 Å². The van der Waals surface area contributed by atoms with Gasteiger partial charge in [-0.15, -0.1) is 0 Å². The van der Waals surface area contributed by atoms with Gasteiger partial charge in [0.1, 0.15) is 11.5 Å². The monoisotopic (exact) mass is 328 g/mol. The van der Waals surface area contributed by atoms with E-state index in [0.29, 0.717) is 12.1 Å². The zero-order valence-electron chi connectivity index (χ0n) is 13.1. The van der Waals surface area contributed by atoms with E-state index in [2.05, 4.69) is 4.98 Å². The number of carbonyl (C=O) groups excluding carboxylic acids is 1. The summed E-state index contributed by atoms with van der Waals surface area (Å²) in [5.74, 6) is -1.48. The first-order chi connectivity index (χ1) is 11.5. The lowest BCUT2D eigenvalue weighted by Gasteiger charge is -2.27. The Morgan fingerprint density at radius 3 is 2.71 bits per heavy atom. The van der Waals surface area contributed by atoms with Gasteiger partial charge in [0, 0.05) is 12.7 Å². The molecule has 1 aromatic heterocycles. The summed E-state index contributed by atoms with van der Waals surface area (Å²) >= 11 is 0. The molecule has 3 rings (SSSR count). The molecule has 1 saturated heterocycles. The van der Waals surface area contributed by atoms with Crippen molar-refractivity contribution in [3.63, 3.8) is 0 Å². The second kappa shape index (κ2) is 6.39. The van der Waals surface area contributed by atoms with Crippen LogP contribution in [0, 0.1) is 11.7 Å². The van der Waals surface area contributed by atoms with Crippen LogP contribution in [0.15, 0.2) is 42.6 Å². The number of pyridine rings is 1. The largest absolute Gasteiger partial charge is 0.477 e. The van der Waals surface area contributed by atoms with Crippen molar-refractivity contribution in [1.29, 1.82) is 0 Å². The van der Waals surface area contributed by atoms with Crippen molar-refractivity contribution in [2.24, 2.45) is 5.92 Å². The van der Waals surface area contributed by atoms with E-state index >= 15 is 0 Å². The predicted octanol–water partition coefficient (Wildman–Crippen LogP) is 3.14. The fourth-order valence-electron chi connectivity index (χ4n) is 3.19. The van der Waals surface area contributed by atoms with Gasteiger partial charge < -0.3 is 10.0 Å². The molecule has 1 aliphatic heterocycles. The Kier molecular flexibility index (Phi) is 4.29. The maximum atomic E-state index is 13.5. The van der Waals surface area contributed by atoms with E-state index in [0.717, 1.165) is 12.0 Å². The van der Waals surface area contributed by atoms with Crippen molar-refractivity contribution < 1.29 is 19.1 Å². The number of rotatable bonds is 3. The second-order valence-corrected chi connectivity index (χ2v) is 6.00. The summed E-state index contributed by atoms with van der Waals surface area (Å²) in [6.07, 6.45) is 2.10. The summed E-state index contributed by atoms with van der Waals surface area (Å²) in [5.41, 5.74) is 0.988. The highest BCUT2D eigenvalue weighted by Gasteiger charge is 2.36. The molecule has 0 bridgehead atoms. The number of amides is 1. The number of carboxylic acids is 1. The van der Waals surface area contributed by atoms with Gasteiger partial charge in [0.05, 0.1) is 11.6 Å². The van der Waals surface area contributed by atoms with Gasteiger partial charge in [0.25, 0.3) is 5.91 Å². The van der Waals surface area contributed by atoms with Gasteiger partial charge in [-0.25, -0.2) is 14.2 Å². The van der Waals surface area contributed by atoms with Gasteiger partial charge in [0.15, 0.2) is 0 Å². The average Bonchev–Trinajstić information content (AvgIpc) is 2.96. The number of aromatic nitrogens is 1. The Labute approximate surface area is 138 Å². The molecule has 1 aliphatic rings. The van der Waals surface area contributed by atoms with Crippen molar-refractivity contribution in [1.82, 2.24) is 9.88 Å². The van der Waals surface area contributed by atoms with Gasteiger partial charge in [-0.05, 0) is 42.2 Å². The first kappa shape index (κ1) is 16.1. The third-order valence-corrected chi connectivity index (χ3v) is 4.38. The summed E-state index contributed by atoms with van der Waals surface area (Å²) in [6, 6.07) is 8.87. The lowest BCUT2D eigenvalue weighted by Crippen LogP contribution is -2.32. The standard InChI is InChI=1S/C18H17FN2O3/c1-11-7-8-21(16(11)12-3-2-4-14(19)9-12)17(22)13-5-6-15(18(23)24)20-10-13/h2-6,9-11,16H,7-8H2,1H3,(H,23,24)/t11-,16-/m1/s1. The molecule has 1 amide bonds. The molecule has 6 heteroatoms. The molecular formula is C18H17FN2O3. The first-order valence-electron chi connectivity index (χ1n) is 7.73. The summed E-state index contributed by atoms with van der Waals surface area (Å²) in [4.78, 5) is 29.1. The van der Waals surface area contributed by atoms with E-state index in [-0.39, 0.29) is 29.4 Å². The third kappa shape index (κ3) is 2.99. The van der Waals surface area contributed by atoms with E-state index in [1.807, 2.05) is 13.0 Å². The van der Waals surface area contributed by atoms with Crippen LogP contribution in [0.4, 0.5) is 4.39 Å². The zero-order chi connectivity index (χ0) is 17.3. The predicted molar refractivity (Wildman–Crippen MR) is 85.2 cm³/mol. The Balaban J connectivity index is 1.89. The number of carboxylic acid groups (broad SMARTS) is 1. The molecule has 0 aliphatic carbocycles. The van der Waals surface area contributed by atoms with Crippen molar-refractivity contribution in [2.75, 3.05) is 6.54 Å². The highest BCUT2D eigenvalue weighted by Crippen LogP contribution is 2.38. The minimum absolute atomic E-state index is 0.108. The highest BCUT2D eigenvalue weighted by atomic mass is 19.1. The fraction of sp³-hybridized carbons (Fsp3) is 0.278. The smallest absolute Gasteiger partial charge is 0.354 e. The van der Waals surface area contributed by atoms with Gasteiger partial charge in [0.2, 0.25) is 0 Å². The lowest BCUT2D eigenvalue weighted by molar-refractivity contribution is 0.0684.